The quantitative estimate of drug-likeness (QED) is 0.501. The van der Waals surface area contributed by atoms with E-state index in [1.54, 1.807) is 0 Å². The number of nitrogens with zero attached hydrogens (tertiary/aromatic N) is 3. The van der Waals surface area contributed by atoms with Crippen LogP contribution in [-0.4, -0.2) is 14.7 Å². The van der Waals surface area contributed by atoms with Gasteiger partial charge >= 0.3 is 11.9 Å². The molecule has 0 aromatic carbocycles. The summed E-state index contributed by atoms with van der Waals surface area (Å²) in [6, 6.07) is 0. The summed E-state index contributed by atoms with van der Waals surface area (Å²) in [4.78, 5) is 9.02. The van der Waals surface area contributed by atoms with E-state index in [2.05, 4.69) is 5.10 Å². The van der Waals surface area contributed by atoms with Crippen LogP contribution >= 0.6 is 0 Å². The highest BCUT2D eigenvalue weighted by Gasteiger charge is 2.42. The van der Waals surface area contributed by atoms with Crippen LogP contribution < -0.4 is 0 Å². The maximum atomic E-state index is 12.0. The largest absolute Gasteiger partial charge is 0.442 e. The fourth-order valence-electron chi connectivity index (χ4n) is 0.811. The molecule has 0 fully saturated rings. The normalized spacial score (nSPS) is 11.7. The van der Waals surface area contributed by atoms with Gasteiger partial charge in [-0.05, 0) is 0 Å². The summed E-state index contributed by atoms with van der Waals surface area (Å²) in [5.74, 6) is 0. The summed E-state index contributed by atoms with van der Waals surface area (Å²) in [7, 11) is 1.18. The third-order valence-electron chi connectivity index (χ3n) is 1.27. The van der Waals surface area contributed by atoms with Crippen molar-refractivity contribution in [1.82, 2.24) is 9.78 Å². The molecular weight excluding hydrogens is 191 g/mol. The van der Waals surface area contributed by atoms with Crippen molar-refractivity contribution in [2.75, 3.05) is 0 Å². The van der Waals surface area contributed by atoms with E-state index in [1.807, 2.05) is 0 Å². The monoisotopic (exact) mass is 195 g/mol. The van der Waals surface area contributed by atoms with E-state index in [1.165, 1.54) is 7.05 Å². The Balaban J connectivity index is 3.28. The number of hydrogen-bond donors (Lipinski definition) is 0. The number of aryl methyl sites for hydroxylation is 1. The smallest absolute Gasteiger partial charge is 0.268 e. The lowest BCUT2D eigenvalue weighted by atomic mass is 10.4. The molecule has 1 aromatic rings. The van der Waals surface area contributed by atoms with Crippen molar-refractivity contribution in [1.29, 1.82) is 0 Å². The van der Waals surface area contributed by atoms with E-state index < -0.39 is 22.5 Å². The van der Waals surface area contributed by atoms with Gasteiger partial charge in [0.1, 0.15) is 6.20 Å². The topological polar surface area (TPSA) is 61.0 Å². The summed E-state index contributed by atoms with van der Waals surface area (Å²) >= 11 is 0. The van der Waals surface area contributed by atoms with Crippen molar-refractivity contribution < 1.29 is 18.1 Å². The molecule has 0 atom stereocenters. The van der Waals surface area contributed by atoms with Crippen molar-refractivity contribution in [2.24, 2.45) is 7.05 Å². The zero-order chi connectivity index (χ0) is 10.2. The zero-order valence-corrected chi connectivity index (χ0v) is 6.37. The lowest BCUT2D eigenvalue weighted by Gasteiger charge is -1.99. The van der Waals surface area contributed by atoms with Crippen molar-refractivity contribution in [2.45, 2.75) is 6.18 Å². The third kappa shape index (κ3) is 1.76. The first kappa shape index (κ1) is 9.49. The van der Waals surface area contributed by atoms with Gasteiger partial charge in [-0.15, -0.1) is 0 Å². The van der Waals surface area contributed by atoms with E-state index in [4.69, 9.17) is 0 Å². The van der Waals surface area contributed by atoms with Gasteiger partial charge < -0.3 is 0 Å². The fraction of sp³-hybridized carbons (Fsp3) is 0.400. The average Bonchev–Trinajstić information content (AvgIpc) is 2.29. The average molecular weight is 195 g/mol. The summed E-state index contributed by atoms with van der Waals surface area (Å²) in [5.41, 5.74) is -2.50. The predicted octanol–water partition coefficient (Wildman–Crippen LogP) is 1.35. The molecule has 8 heteroatoms. The summed E-state index contributed by atoms with van der Waals surface area (Å²) in [5, 5.41) is 13.1. The van der Waals surface area contributed by atoms with E-state index in [0.29, 0.717) is 6.20 Å². The SMILES string of the molecule is Cn1cc([N+](=O)[O-])c(C(F)(F)F)n1. The standard InChI is InChI=1S/C5H4F3N3O2/c1-10-2-3(11(12)13)4(9-10)5(6,7)8/h2H,1H3. The number of nitro groups is 1. The molecule has 0 unspecified atom stereocenters. The second kappa shape index (κ2) is 2.71. The van der Waals surface area contributed by atoms with Gasteiger partial charge in [-0.1, -0.05) is 0 Å². The molecule has 0 saturated carbocycles. The van der Waals surface area contributed by atoms with Gasteiger partial charge in [-0.2, -0.15) is 18.3 Å². The molecule has 5 nitrogen and oxygen atoms in total. The Morgan fingerprint density at radius 2 is 2.15 bits per heavy atom. The second-order valence-corrected chi connectivity index (χ2v) is 2.29. The Morgan fingerprint density at radius 3 is 2.46 bits per heavy atom. The highest BCUT2D eigenvalue weighted by molar-refractivity contribution is 5.34. The molecule has 1 rings (SSSR count). The maximum absolute atomic E-state index is 12.0. The van der Waals surface area contributed by atoms with Gasteiger partial charge in [0.25, 0.3) is 0 Å². The molecular formula is C5H4F3N3O2. The molecule has 1 aromatic heterocycles. The molecule has 1 heterocycles. The minimum Gasteiger partial charge on any atom is -0.268 e. The molecule has 0 amide bonds. The number of halogens is 3. The first-order valence-electron chi connectivity index (χ1n) is 3.07. The van der Waals surface area contributed by atoms with E-state index in [9.17, 15) is 23.3 Å². The van der Waals surface area contributed by atoms with Crippen LogP contribution in [0.1, 0.15) is 5.69 Å². The molecule has 0 bridgehead atoms. The molecule has 0 aliphatic heterocycles. The lowest BCUT2D eigenvalue weighted by molar-refractivity contribution is -0.388. The van der Waals surface area contributed by atoms with E-state index in [-0.39, 0.29) is 0 Å². The Hall–Kier alpha value is -1.60. The van der Waals surface area contributed by atoms with Gasteiger partial charge in [0.05, 0.1) is 4.92 Å². The van der Waals surface area contributed by atoms with Crippen molar-refractivity contribution in [3.63, 3.8) is 0 Å². The van der Waals surface area contributed by atoms with E-state index in [0.717, 1.165) is 4.68 Å². The minimum atomic E-state index is -4.79. The fourth-order valence-corrected chi connectivity index (χ4v) is 0.811. The van der Waals surface area contributed by atoms with Gasteiger partial charge in [-0.3, -0.25) is 14.8 Å². The molecule has 13 heavy (non-hydrogen) atoms. The van der Waals surface area contributed by atoms with Crippen LogP contribution in [0.25, 0.3) is 0 Å². The Morgan fingerprint density at radius 1 is 1.62 bits per heavy atom. The van der Waals surface area contributed by atoms with E-state index >= 15 is 0 Å². The maximum Gasteiger partial charge on any atom is 0.442 e. The number of hydrogen-bond acceptors (Lipinski definition) is 3. The summed E-state index contributed by atoms with van der Waals surface area (Å²) in [6.45, 7) is 0. The molecule has 0 radical (unpaired) electrons. The highest BCUT2D eigenvalue weighted by Crippen LogP contribution is 2.34. The van der Waals surface area contributed by atoms with Gasteiger partial charge in [0, 0.05) is 7.05 Å². The van der Waals surface area contributed by atoms with Crippen LogP contribution in [0.3, 0.4) is 0 Å². The first-order valence-corrected chi connectivity index (χ1v) is 3.07. The molecule has 0 aliphatic rings. The van der Waals surface area contributed by atoms with Gasteiger partial charge in [-0.25, -0.2) is 0 Å². The second-order valence-electron chi connectivity index (χ2n) is 2.29. The lowest BCUT2D eigenvalue weighted by Crippen LogP contribution is -2.09. The van der Waals surface area contributed by atoms with Crippen LogP contribution in [0.15, 0.2) is 6.20 Å². The van der Waals surface area contributed by atoms with Crippen molar-refractivity contribution >= 4 is 5.69 Å². The third-order valence-corrected chi connectivity index (χ3v) is 1.27. The molecule has 0 spiro atoms. The van der Waals surface area contributed by atoms with Crippen LogP contribution in [0.2, 0.25) is 0 Å². The van der Waals surface area contributed by atoms with Crippen LogP contribution in [0.4, 0.5) is 18.9 Å². The van der Waals surface area contributed by atoms with Crippen LogP contribution in [-0.2, 0) is 13.2 Å². The van der Waals surface area contributed by atoms with Crippen LogP contribution in [0, 0.1) is 10.1 Å². The Labute approximate surface area is 69.9 Å². The number of rotatable bonds is 1. The van der Waals surface area contributed by atoms with Crippen molar-refractivity contribution in [3.05, 3.63) is 22.0 Å². The Kier molecular flexibility index (Phi) is 1.98. The molecule has 72 valence electrons. The zero-order valence-electron chi connectivity index (χ0n) is 6.37. The summed E-state index contributed by atoms with van der Waals surface area (Å²) in [6.07, 6.45) is -4.08. The summed E-state index contributed by atoms with van der Waals surface area (Å²) < 4.78 is 36.9. The number of alkyl halides is 3. The van der Waals surface area contributed by atoms with Gasteiger partial charge in [0.15, 0.2) is 0 Å². The number of aromatic nitrogens is 2. The first-order chi connectivity index (χ1) is 5.82. The molecule has 0 saturated heterocycles. The molecule has 0 N–H and O–H groups in total. The van der Waals surface area contributed by atoms with Gasteiger partial charge in [0.2, 0.25) is 5.69 Å². The minimum absolute atomic E-state index is 0.711. The predicted molar refractivity (Wildman–Crippen MR) is 34.9 cm³/mol. The Bertz CT molecular complexity index is 343. The van der Waals surface area contributed by atoms with Crippen LogP contribution in [0.5, 0.6) is 0 Å². The molecule has 0 aliphatic carbocycles. The highest BCUT2D eigenvalue weighted by atomic mass is 19.4. The van der Waals surface area contributed by atoms with Crippen molar-refractivity contribution in [3.8, 4) is 0 Å².